The van der Waals surface area contributed by atoms with Crippen molar-refractivity contribution < 1.29 is 19.1 Å². The summed E-state index contributed by atoms with van der Waals surface area (Å²) in [5.41, 5.74) is -0.378. The smallest absolute Gasteiger partial charge is 0.293 e. The topological polar surface area (TPSA) is 55.8 Å². The minimum Gasteiger partial charge on any atom is -0.462 e. The molecule has 0 radical (unpaired) electrons. The van der Waals surface area contributed by atoms with E-state index in [2.05, 4.69) is 4.74 Å². The molecule has 2 aliphatic heterocycles. The SMILES string of the molecule is C1COC1.CC(C)(C)OC=O.CN1CC(C)(C)C1=O. The van der Waals surface area contributed by atoms with E-state index in [1.165, 1.54) is 6.42 Å². The Morgan fingerprint density at radius 1 is 1.32 bits per heavy atom. The van der Waals surface area contributed by atoms with Crippen LogP contribution in [0, 0.1) is 5.41 Å². The van der Waals surface area contributed by atoms with E-state index in [9.17, 15) is 9.59 Å². The van der Waals surface area contributed by atoms with Gasteiger partial charge in [-0.2, -0.15) is 0 Å². The van der Waals surface area contributed by atoms with Gasteiger partial charge in [0, 0.05) is 26.8 Å². The van der Waals surface area contributed by atoms with E-state index >= 15 is 0 Å². The van der Waals surface area contributed by atoms with Crippen molar-refractivity contribution in [3.05, 3.63) is 0 Å². The van der Waals surface area contributed by atoms with Crippen molar-refractivity contribution in [1.29, 1.82) is 0 Å². The zero-order valence-electron chi connectivity index (χ0n) is 13.0. The first-order valence-corrected chi connectivity index (χ1v) is 6.55. The Bertz CT molecular complexity index is 286. The maximum Gasteiger partial charge on any atom is 0.293 e. The molecule has 112 valence electrons. The molecule has 0 bridgehead atoms. The van der Waals surface area contributed by atoms with E-state index in [4.69, 9.17) is 4.74 Å². The molecule has 2 aliphatic rings. The highest BCUT2D eigenvalue weighted by Gasteiger charge is 2.41. The lowest BCUT2D eigenvalue weighted by molar-refractivity contribution is -0.153. The number of rotatable bonds is 1. The Morgan fingerprint density at radius 3 is 1.74 bits per heavy atom. The van der Waals surface area contributed by atoms with Crippen molar-refractivity contribution in [1.82, 2.24) is 4.90 Å². The lowest BCUT2D eigenvalue weighted by atomic mass is 9.84. The van der Waals surface area contributed by atoms with Crippen molar-refractivity contribution >= 4 is 12.4 Å². The number of carbonyl (C=O) groups excluding carboxylic acids is 2. The lowest BCUT2D eigenvalue weighted by Gasteiger charge is -2.41. The minimum absolute atomic E-state index is 0.0608. The highest BCUT2D eigenvalue weighted by molar-refractivity contribution is 5.87. The Morgan fingerprint density at radius 2 is 1.74 bits per heavy atom. The molecule has 0 atom stereocenters. The summed E-state index contributed by atoms with van der Waals surface area (Å²) in [4.78, 5) is 22.1. The second kappa shape index (κ2) is 7.48. The maximum atomic E-state index is 10.8. The van der Waals surface area contributed by atoms with E-state index in [-0.39, 0.29) is 16.9 Å². The van der Waals surface area contributed by atoms with Crippen LogP contribution in [0.3, 0.4) is 0 Å². The van der Waals surface area contributed by atoms with Gasteiger partial charge in [0.05, 0.1) is 5.41 Å². The molecule has 0 aromatic rings. The maximum absolute atomic E-state index is 10.8. The van der Waals surface area contributed by atoms with Gasteiger partial charge in [-0.3, -0.25) is 9.59 Å². The number of ether oxygens (including phenoxy) is 2. The highest BCUT2D eigenvalue weighted by Crippen LogP contribution is 2.28. The first kappa shape index (κ1) is 17.9. The molecular formula is C14H27NO4. The monoisotopic (exact) mass is 273 g/mol. The fourth-order valence-corrected chi connectivity index (χ4v) is 1.45. The quantitative estimate of drug-likeness (QED) is 0.540. The highest BCUT2D eigenvalue weighted by atomic mass is 16.5. The van der Waals surface area contributed by atoms with Crippen LogP contribution in [0.2, 0.25) is 0 Å². The number of hydrogen-bond acceptors (Lipinski definition) is 4. The van der Waals surface area contributed by atoms with Gasteiger partial charge in [-0.05, 0) is 41.0 Å². The fourth-order valence-electron chi connectivity index (χ4n) is 1.45. The fraction of sp³-hybridized carbons (Fsp3) is 0.857. The van der Waals surface area contributed by atoms with Gasteiger partial charge >= 0.3 is 0 Å². The zero-order chi connectivity index (χ0) is 15.1. The summed E-state index contributed by atoms with van der Waals surface area (Å²) in [5, 5.41) is 0. The van der Waals surface area contributed by atoms with Gasteiger partial charge in [0.15, 0.2) is 0 Å². The molecule has 0 saturated carbocycles. The first-order valence-electron chi connectivity index (χ1n) is 6.55. The summed E-state index contributed by atoms with van der Waals surface area (Å²) in [7, 11) is 1.83. The van der Waals surface area contributed by atoms with Crippen molar-refractivity contribution in [2.24, 2.45) is 5.41 Å². The van der Waals surface area contributed by atoms with Gasteiger partial charge in [0.1, 0.15) is 5.60 Å². The minimum atomic E-state index is -0.318. The summed E-state index contributed by atoms with van der Waals surface area (Å²) in [6.07, 6.45) is 1.28. The predicted octanol–water partition coefficient (Wildman–Crippen LogP) is 1.85. The number of hydrogen-bond donors (Lipinski definition) is 0. The largest absolute Gasteiger partial charge is 0.462 e. The Kier molecular flexibility index (Phi) is 7.05. The predicted molar refractivity (Wildman–Crippen MR) is 73.8 cm³/mol. The zero-order valence-corrected chi connectivity index (χ0v) is 13.0. The Hall–Kier alpha value is -1.10. The molecule has 0 aromatic carbocycles. The van der Waals surface area contributed by atoms with Crippen LogP contribution >= 0.6 is 0 Å². The van der Waals surface area contributed by atoms with Crippen molar-refractivity contribution in [3.63, 3.8) is 0 Å². The number of β-lactam (4-membered cyclic amide) rings is 1. The summed E-state index contributed by atoms with van der Waals surface area (Å²) >= 11 is 0. The van der Waals surface area contributed by atoms with E-state index in [1.807, 2.05) is 41.7 Å². The molecule has 2 saturated heterocycles. The third kappa shape index (κ3) is 7.82. The Balaban J connectivity index is 0.000000269. The van der Waals surface area contributed by atoms with Crippen molar-refractivity contribution in [2.45, 2.75) is 46.6 Å². The van der Waals surface area contributed by atoms with Crippen molar-refractivity contribution in [3.8, 4) is 0 Å². The van der Waals surface area contributed by atoms with Crippen molar-refractivity contribution in [2.75, 3.05) is 26.8 Å². The van der Waals surface area contributed by atoms with Gasteiger partial charge in [0.25, 0.3) is 6.47 Å². The number of carbonyl (C=O) groups is 2. The number of nitrogens with zero attached hydrogens (tertiary/aromatic N) is 1. The molecule has 1 amide bonds. The molecular weight excluding hydrogens is 246 g/mol. The van der Waals surface area contributed by atoms with Gasteiger partial charge in [-0.25, -0.2) is 0 Å². The first-order chi connectivity index (χ1) is 8.60. The summed E-state index contributed by atoms with van der Waals surface area (Å²) < 4.78 is 9.27. The van der Waals surface area contributed by atoms with Gasteiger partial charge in [0.2, 0.25) is 5.91 Å². The third-order valence-corrected chi connectivity index (χ3v) is 2.54. The molecule has 2 rings (SSSR count). The van der Waals surface area contributed by atoms with Crippen LogP contribution in [0.25, 0.3) is 0 Å². The molecule has 2 heterocycles. The molecule has 0 spiro atoms. The lowest BCUT2D eigenvalue weighted by Crippen LogP contribution is -2.56. The molecule has 0 aliphatic carbocycles. The molecule has 19 heavy (non-hydrogen) atoms. The Labute approximate surface area is 116 Å². The van der Waals surface area contributed by atoms with Gasteiger partial charge < -0.3 is 14.4 Å². The van der Waals surface area contributed by atoms with Crippen LogP contribution in [0.1, 0.15) is 41.0 Å². The summed E-state index contributed by atoms with van der Waals surface area (Å²) in [6.45, 7) is 12.8. The molecule has 0 aromatic heterocycles. The second-order valence-electron chi connectivity index (χ2n) is 6.34. The standard InChI is InChI=1S/C6H11NO.C5H10O2.C3H6O/c1-6(2)4-7(3)5(6)8;1-5(2,3)7-4-6;1-2-4-3-1/h4H2,1-3H3;4H,1-3H3;1-3H2. The molecule has 0 unspecified atom stereocenters. The van der Waals surface area contributed by atoms with Crippen LogP contribution < -0.4 is 0 Å². The number of amides is 1. The van der Waals surface area contributed by atoms with E-state index in [0.29, 0.717) is 6.47 Å². The average molecular weight is 273 g/mol. The van der Waals surface area contributed by atoms with Crippen LogP contribution in [-0.2, 0) is 19.1 Å². The van der Waals surface area contributed by atoms with E-state index < -0.39 is 0 Å². The van der Waals surface area contributed by atoms with Crippen LogP contribution in [0.4, 0.5) is 0 Å². The third-order valence-electron chi connectivity index (χ3n) is 2.54. The van der Waals surface area contributed by atoms with E-state index in [1.54, 1.807) is 4.90 Å². The summed E-state index contributed by atoms with van der Waals surface area (Å²) in [5.74, 6) is 0.262. The van der Waals surface area contributed by atoms with E-state index in [0.717, 1.165) is 19.8 Å². The molecule has 0 N–H and O–H groups in total. The second-order valence-corrected chi connectivity index (χ2v) is 6.34. The average Bonchev–Trinajstić information content (AvgIpc) is 2.13. The van der Waals surface area contributed by atoms with Crippen LogP contribution in [0.15, 0.2) is 0 Å². The number of likely N-dealkylation sites (tertiary alicyclic amines) is 1. The molecule has 5 heteroatoms. The normalized spacial score (nSPS) is 19.7. The molecule has 2 fully saturated rings. The van der Waals surface area contributed by atoms with Crippen LogP contribution in [0.5, 0.6) is 0 Å². The summed E-state index contributed by atoms with van der Waals surface area (Å²) in [6, 6.07) is 0. The van der Waals surface area contributed by atoms with Crippen LogP contribution in [-0.4, -0.2) is 49.7 Å². The molecule has 5 nitrogen and oxygen atoms in total. The van der Waals surface area contributed by atoms with Gasteiger partial charge in [-0.1, -0.05) is 0 Å². The van der Waals surface area contributed by atoms with Gasteiger partial charge in [-0.15, -0.1) is 0 Å².